The van der Waals surface area contributed by atoms with E-state index in [1.54, 1.807) is 0 Å². The van der Waals surface area contributed by atoms with Crippen molar-refractivity contribution in [2.75, 3.05) is 19.7 Å². The molecule has 0 saturated heterocycles. The molecule has 1 unspecified atom stereocenters. The van der Waals surface area contributed by atoms with Gasteiger partial charge in [0.1, 0.15) is 0 Å². The van der Waals surface area contributed by atoms with E-state index in [0.717, 1.165) is 6.54 Å². The third-order valence-electron chi connectivity index (χ3n) is 2.80. The number of aliphatic hydroxyl groups excluding tert-OH is 2. The van der Waals surface area contributed by atoms with Crippen molar-refractivity contribution in [3.05, 3.63) is 0 Å². The van der Waals surface area contributed by atoms with E-state index < -0.39 is 6.10 Å². The van der Waals surface area contributed by atoms with Gasteiger partial charge >= 0.3 is 0 Å². The Morgan fingerprint density at radius 3 is 2.58 bits per heavy atom. The Kier molecular flexibility index (Phi) is 3.50. The van der Waals surface area contributed by atoms with Crippen LogP contribution in [0.3, 0.4) is 0 Å². The Bertz CT molecular complexity index is 134. The molecule has 0 aliphatic heterocycles. The van der Waals surface area contributed by atoms with Crippen molar-refractivity contribution in [3.63, 3.8) is 0 Å². The average Bonchev–Trinajstić information content (AvgIpc) is 2.85. The van der Waals surface area contributed by atoms with E-state index in [1.807, 2.05) is 0 Å². The summed E-state index contributed by atoms with van der Waals surface area (Å²) in [6.45, 7) is 3.56. The highest BCUT2D eigenvalue weighted by Gasteiger charge is 2.39. The van der Waals surface area contributed by atoms with Crippen LogP contribution in [0.25, 0.3) is 0 Å². The molecule has 72 valence electrons. The summed E-state index contributed by atoms with van der Waals surface area (Å²) in [6, 6.07) is 0. The summed E-state index contributed by atoms with van der Waals surface area (Å²) in [5.74, 6) is 0. The van der Waals surface area contributed by atoms with E-state index in [-0.39, 0.29) is 6.61 Å². The number of rotatable bonds is 6. The molecular formula is C9H19NO2. The van der Waals surface area contributed by atoms with E-state index in [1.165, 1.54) is 19.3 Å². The molecule has 3 heteroatoms. The van der Waals surface area contributed by atoms with E-state index >= 15 is 0 Å². The van der Waals surface area contributed by atoms with Crippen LogP contribution in [-0.4, -0.2) is 36.0 Å². The van der Waals surface area contributed by atoms with Crippen LogP contribution in [0.15, 0.2) is 0 Å². The predicted molar refractivity (Wildman–Crippen MR) is 47.9 cm³/mol. The Morgan fingerprint density at radius 1 is 1.50 bits per heavy atom. The van der Waals surface area contributed by atoms with Gasteiger partial charge in [-0.15, -0.1) is 0 Å². The quantitative estimate of drug-likeness (QED) is 0.535. The summed E-state index contributed by atoms with van der Waals surface area (Å²) in [6.07, 6.45) is 3.24. The molecule has 0 radical (unpaired) electrons. The zero-order chi connectivity index (χ0) is 9.03. The third-order valence-corrected chi connectivity index (χ3v) is 2.80. The highest BCUT2D eigenvalue weighted by atomic mass is 16.3. The molecule has 1 aliphatic rings. The highest BCUT2D eigenvalue weighted by molar-refractivity contribution is 4.93. The Labute approximate surface area is 73.8 Å². The van der Waals surface area contributed by atoms with Crippen molar-refractivity contribution < 1.29 is 10.2 Å². The van der Waals surface area contributed by atoms with Crippen LogP contribution in [-0.2, 0) is 0 Å². The first-order valence-electron chi connectivity index (χ1n) is 4.72. The summed E-state index contributed by atoms with van der Waals surface area (Å²) < 4.78 is 0. The first-order chi connectivity index (χ1) is 5.72. The standard InChI is InChI=1S/C9H19NO2/c1-2-9(3-4-9)7-10-5-8(12)6-11/h8,10-12H,2-7H2,1H3. The summed E-state index contributed by atoms with van der Waals surface area (Å²) in [5, 5.41) is 20.8. The van der Waals surface area contributed by atoms with Crippen molar-refractivity contribution in [1.29, 1.82) is 0 Å². The van der Waals surface area contributed by atoms with Crippen molar-refractivity contribution in [1.82, 2.24) is 5.32 Å². The Hall–Kier alpha value is -0.120. The molecule has 12 heavy (non-hydrogen) atoms. The molecule has 1 rings (SSSR count). The molecule has 1 aliphatic carbocycles. The lowest BCUT2D eigenvalue weighted by atomic mass is 10.0. The molecule has 0 aromatic carbocycles. The monoisotopic (exact) mass is 173 g/mol. The molecule has 1 atom stereocenters. The van der Waals surface area contributed by atoms with Crippen LogP contribution in [0.1, 0.15) is 26.2 Å². The molecular weight excluding hydrogens is 154 g/mol. The van der Waals surface area contributed by atoms with Gasteiger partial charge in [0.25, 0.3) is 0 Å². The molecule has 3 N–H and O–H groups in total. The van der Waals surface area contributed by atoms with Crippen molar-refractivity contribution in [3.8, 4) is 0 Å². The minimum atomic E-state index is -0.599. The number of aliphatic hydroxyl groups is 2. The van der Waals surface area contributed by atoms with E-state index in [4.69, 9.17) is 10.2 Å². The molecule has 1 saturated carbocycles. The molecule has 1 fully saturated rings. The lowest BCUT2D eigenvalue weighted by Crippen LogP contribution is -2.33. The lowest BCUT2D eigenvalue weighted by Gasteiger charge is -2.14. The maximum Gasteiger partial charge on any atom is 0.0894 e. The SMILES string of the molecule is CCC1(CNCC(O)CO)CC1. The molecule has 0 aromatic rings. The normalized spacial score (nSPS) is 22.2. The summed E-state index contributed by atoms with van der Waals surface area (Å²) in [4.78, 5) is 0. The van der Waals surface area contributed by atoms with Gasteiger partial charge in [-0.2, -0.15) is 0 Å². The van der Waals surface area contributed by atoms with Crippen LogP contribution < -0.4 is 5.32 Å². The van der Waals surface area contributed by atoms with Gasteiger partial charge in [0.15, 0.2) is 0 Å². The van der Waals surface area contributed by atoms with Gasteiger partial charge < -0.3 is 15.5 Å². The molecule has 0 aromatic heterocycles. The van der Waals surface area contributed by atoms with Gasteiger partial charge in [0.05, 0.1) is 12.7 Å². The summed E-state index contributed by atoms with van der Waals surface area (Å²) in [7, 11) is 0. The minimum Gasteiger partial charge on any atom is -0.394 e. The maximum absolute atomic E-state index is 9.04. The summed E-state index contributed by atoms with van der Waals surface area (Å²) in [5.41, 5.74) is 0.523. The molecule has 0 heterocycles. The second-order valence-corrected chi connectivity index (χ2v) is 3.82. The predicted octanol–water partition coefficient (Wildman–Crippen LogP) is 0.119. The van der Waals surface area contributed by atoms with E-state index in [9.17, 15) is 0 Å². The fourth-order valence-corrected chi connectivity index (χ4v) is 1.40. The van der Waals surface area contributed by atoms with Crippen LogP contribution in [0.4, 0.5) is 0 Å². The highest BCUT2D eigenvalue weighted by Crippen LogP contribution is 2.47. The lowest BCUT2D eigenvalue weighted by molar-refractivity contribution is 0.0932. The van der Waals surface area contributed by atoms with Gasteiger partial charge in [0.2, 0.25) is 0 Å². The second kappa shape index (κ2) is 4.21. The fourth-order valence-electron chi connectivity index (χ4n) is 1.40. The van der Waals surface area contributed by atoms with Gasteiger partial charge in [-0.25, -0.2) is 0 Å². The van der Waals surface area contributed by atoms with Crippen molar-refractivity contribution in [2.24, 2.45) is 5.41 Å². The maximum atomic E-state index is 9.04. The third kappa shape index (κ3) is 2.73. The first kappa shape index (κ1) is 9.96. The number of nitrogens with one attached hydrogen (secondary N) is 1. The number of hydrogen-bond acceptors (Lipinski definition) is 3. The largest absolute Gasteiger partial charge is 0.394 e. The van der Waals surface area contributed by atoms with Gasteiger partial charge in [0, 0.05) is 13.1 Å². The van der Waals surface area contributed by atoms with E-state index in [2.05, 4.69) is 12.2 Å². The second-order valence-electron chi connectivity index (χ2n) is 3.82. The minimum absolute atomic E-state index is 0.147. The summed E-state index contributed by atoms with van der Waals surface area (Å²) >= 11 is 0. The van der Waals surface area contributed by atoms with Crippen LogP contribution in [0.2, 0.25) is 0 Å². The molecule has 0 spiro atoms. The van der Waals surface area contributed by atoms with Crippen molar-refractivity contribution in [2.45, 2.75) is 32.3 Å². The van der Waals surface area contributed by atoms with Crippen molar-refractivity contribution >= 4 is 0 Å². The van der Waals surface area contributed by atoms with Gasteiger partial charge in [-0.3, -0.25) is 0 Å². The smallest absolute Gasteiger partial charge is 0.0894 e. The molecule has 0 bridgehead atoms. The zero-order valence-corrected chi connectivity index (χ0v) is 7.71. The van der Waals surface area contributed by atoms with Gasteiger partial charge in [-0.05, 0) is 24.7 Å². The van der Waals surface area contributed by atoms with Crippen LogP contribution in [0.5, 0.6) is 0 Å². The average molecular weight is 173 g/mol. The van der Waals surface area contributed by atoms with Gasteiger partial charge in [-0.1, -0.05) is 6.92 Å². The molecule has 0 amide bonds. The van der Waals surface area contributed by atoms with Crippen LogP contribution in [0, 0.1) is 5.41 Å². The Morgan fingerprint density at radius 2 is 2.17 bits per heavy atom. The Balaban J connectivity index is 2.02. The fraction of sp³-hybridized carbons (Fsp3) is 1.00. The zero-order valence-electron chi connectivity index (χ0n) is 7.71. The van der Waals surface area contributed by atoms with E-state index in [0.29, 0.717) is 12.0 Å². The first-order valence-corrected chi connectivity index (χ1v) is 4.72. The topological polar surface area (TPSA) is 52.5 Å². The number of hydrogen-bond donors (Lipinski definition) is 3. The molecule has 3 nitrogen and oxygen atoms in total. The van der Waals surface area contributed by atoms with Crippen LogP contribution >= 0.6 is 0 Å².